The highest BCUT2D eigenvalue weighted by Crippen LogP contribution is 2.26. The summed E-state index contributed by atoms with van der Waals surface area (Å²) in [7, 11) is 0. The van der Waals surface area contributed by atoms with E-state index in [1.54, 1.807) is 0 Å². The molecule has 0 bridgehead atoms. The van der Waals surface area contributed by atoms with E-state index in [0.29, 0.717) is 12.5 Å². The monoisotopic (exact) mass is 323 g/mol. The molecular weight excluding hydrogens is 306 g/mol. The number of carbonyl (C=O) groups is 1. The van der Waals surface area contributed by atoms with Gasteiger partial charge in [-0.1, -0.05) is 48.6 Å². The van der Waals surface area contributed by atoms with Crippen LogP contribution in [0, 0.1) is 0 Å². The van der Waals surface area contributed by atoms with Crippen molar-refractivity contribution in [3.8, 4) is 5.75 Å². The Kier molecular flexibility index (Phi) is 4.61. The molecule has 1 heterocycles. The predicted molar refractivity (Wildman–Crippen MR) is 90.0 cm³/mol. The topological polar surface area (TPSA) is 79.5 Å². The van der Waals surface area contributed by atoms with E-state index in [0.717, 1.165) is 24.3 Å². The van der Waals surface area contributed by atoms with Crippen LogP contribution >= 0.6 is 0 Å². The lowest BCUT2D eigenvalue weighted by molar-refractivity contribution is 0.0922. The van der Waals surface area contributed by atoms with Gasteiger partial charge in [0, 0.05) is 18.5 Å². The molecule has 0 fully saturated rings. The Bertz CT molecular complexity index is 849. The van der Waals surface area contributed by atoms with Crippen molar-refractivity contribution in [3.63, 3.8) is 0 Å². The third-order valence-electron chi connectivity index (χ3n) is 3.92. The van der Waals surface area contributed by atoms with Crippen LogP contribution in [0.3, 0.4) is 0 Å². The van der Waals surface area contributed by atoms with Crippen molar-refractivity contribution in [3.05, 3.63) is 88.0 Å². The lowest BCUT2D eigenvalue weighted by Crippen LogP contribution is -2.26. The summed E-state index contributed by atoms with van der Waals surface area (Å²) in [6, 6.07) is 11.3. The highest BCUT2D eigenvalue weighted by Gasteiger charge is 2.17. The molecule has 1 aliphatic rings. The summed E-state index contributed by atoms with van der Waals surface area (Å²) in [4.78, 5) is 23.3. The maximum Gasteiger partial charge on any atom is 0.291 e. The van der Waals surface area contributed by atoms with E-state index in [1.165, 1.54) is 5.56 Å². The van der Waals surface area contributed by atoms with E-state index < -0.39 is 17.1 Å². The molecule has 5 heteroatoms. The molecule has 0 spiro atoms. The highest BCUT2D eigenvalue weighted by molar-refractivity contribution is 5.93. The molecule has 2 aromatic rings. The Morgan fingerprint density at radius 2 is 2.04 bits per heavy atom. The number of allylic oxidation sites excluding steroid dienone is 2. The van der Waals surface area contributed by atoms with Crippen molar-refractivity contribution in [2.75, 3.05) is 6.54 Å². The van der Waals surface area contributed by atoms with Gasteiger partial charge in [0.05, 0.1) is 6.26 Å². The van der Waals surface area contributed by atoms with Crippen LogP contribution in [0.4, 0.5) is 0 Å². The van der Waals surface area contributed by atoms with Gasteiger partial charge in [0.15, 0.2) is 0 Å². The van der Waals surface area contributed by atoms with E-state index in [1.807, 2.05) is 24.3 Å². The normalized spacial score (nSPS) is 16.5. The Balaban J connectivity index is 1.59. The van der Waals surface area contributed by atoms with Gasteiger partial charge in [-0.05, 0) is 17.6 Å². The van der Waals surface area contributed by atoms with Gasteiger partial charge in [-0.3, -0.25) is 9.59 Å². The zero-order valence-corrected chi connectivity index (χ0v) is 12.9. The number of aromatic hydroxyl groups is 1. The van der Waals surface area contributed by atoms with E-state index in [4.69, 9.17) is 4.42 Å². The minimum Gasteiger partial charge on any atom is -0.501 e. The smallest absolute Gasteiger partial charge is 0.291 e. The van der Waals surface area contributed by atoms with Gasteiger partial charge in [0.1, 0.15) is 0 Å². The van der Waals surface area contributed by atoms with Crippen LogP contribution in [-0.2, 0) is 0 Å². The lowest BCUT2D eigenvalue weighted by Gasteiger charge is -2.17. The second kappa shape index (κ2) is 7.00. The average Bonchev–Trinajstić information content (AvgIpc) is 2.63. The number of hydrogen-bond donors (Lipinski definition) is 2. The number of nitrogens with one attached hydrogen (secondary N) is 1. The Labute approximate surface area is 138 Å². The fourth-order valence-corrected chi connectivity index (χ4v) is 2.58. The first-order valence-electron chi connectivity index (χ1n) is 7.66. The Morgan fingerprint density at radius 1 is 1.25 bits per heavy atom. The van der Waals surface area contributed by atoms with Crippen LogP contribution in [0.2, 0.25) is 0 Å². The summed E-state index contributed by atoms with van der Waals surface area (Å²) < 4.78 is 4.92. The SMILES string of the molecule is O=C(NCC1=CCC(c2ccccc2)C=C1)c1occc(=O)c1O. The largest absolute Gasteiger partial charge is 0.501 e. The molecule has 1 aromatic carbocycles. The predicted octanol–water partition coefficient (Wildman–Crippen LogP) is 2.75. The molecule has 122 valence electrons. The van der Waals surface area contributed by atoms with Crippen molar-refractivity contribution < 1.29 is 14.3 Å². The molecular formula is C19H17NO4. The van der Waals surface area contributed by atoms with Gasteiger partial charge in [-0.25, -0.2) is 0 Å². The van der Waals surface area contributed by atoms with Gasteiger partial charge in [-0.15, -0.1) is 0 Å². The standard InChI is InChI=1S/C19H17NO4/c21-16-10-11-24-18(17(16)22)19(23)20-12-13-6-8-15(9-7-13)14-4-2-1-3-5-14/h1-8,10-11,15,22H,9,12H2,(H,20,23). The fraction of sp³-hybridized carbons (Fsp3) is 0.158. The zero-order chi connectivity index (χ0) is 16.9. The van der Waals surface area contributed by atoms with Gasteiger partial charge in [-0.2, -0.15) is 0 Å². The lowest BCUT2D eigenvalue weighted by atomic mass is 9.90. The van der Waals surface area contributed by atoms with Crippen LogP contribution < -0.4 is 10.7 Å². The summed E-state index contributed by atoms with van der Waals surface area (Å²) >= 11 is 0. The quantitative estimate of drug-likeness (QED) is 0.907. The molecule has 1 unspecified atom stereocenters. The summed E-state index contributed by atoms with van der Waals surface area (Å²) in [5.41, 5.74) is 1.58. The van der Waals surface area contributed by atoms with E-state index in [9.17, 15) is 14.7 Å². The van der Waals surface area contributed by atoms with Crippen molar-refractivity contribution in [1.29, 1.82) is 0 Å². The van der Waals surface area contributed by atoms with Crippen molar-refractivity contribution >= 4 is 5.91 Å². The van der Waals surface area contributed by atoms with E-state index >= 15 is 0 Å². The number of hydrogen-bond acceptors (Lipinski definition) is 4. The first kappa shape index (κ1) is 15.8. The molecule has 0 aliphatic heterocycles. The summed E-state index contributed by atoms with van der Waals surface area (Å²) in [5, 5.41) is 12.2. The maximum atomic E-state index is 12.0. The Morgan fingerprint density at radius 3 is 2.75 bits per heavy atom. The molecule has 1 aromatic heterocycles. The van der Waals surface area contributed by atoms with Gasteiger partial charge in [0.2, 0.25) is 16.9 Å². The number of rotatable bonds is 4. The summed E-state index contributed by atoms with van der Waals surface area (Å²) in [6.45, 7) is 0.300. The Hall–Kier alpha value is -3.08. The molecule has 1 aliphatic carbocycles. The molecule has 1 atom stereocenters. The minimum absolute atomic E-state index is 0.300. The van der Waals surface area contributed by atoms with Crippen LogP contribution in [0.15, 0.2) is 75.7 Å². The molecule has 5 nitrogen and oxygen atoms in total. The first-order chi connectivity index (χ1) is 11.6. The molecule has 1 amide bonds. The minimum atomic E-state index is -0.674. The van der Waals surface area contributed by atoms with Crippen molar-refractivity contribution in [2.45, 2.75) is 12.3 Å². The first-order valence-corrected chi connectivity index (χ1v) is 7.66. The van der Waals surface area contributed by atoms with E-state index in [2.05, 4.69) is 29.6 Å². The molecule has 3 rings (SSSR count). The number of amides is 1. The molecule has 0 saturated carbocycles. The molecule has 0 radical (unpaired) electrons. The molecule has 24 heavy (non-hydrogen) atoms. The second-order valence-corrected chi connectivity index (χ2v) is 5.54. The number of benzene rings is 1. The van der Waals surface area contributed by atoms with Crippen LogP contribution in [0.25, 0.3) is 0 Å². The zero-order valence-electron chi connectivity index (χ0n) is 12.9. The van der Waals surface area contributed by atoms with Gasteiger partial charge < -0.3 is 14.8 Å². The summed E-state index contributed by atoms with van der Waals surface area (Å²) in [6.07, 6.45) is 8.09. The average molecular weight is 323 g/mol. The van der Waals surface area contributed by atoms with Crippen LogP contribution in [0.1, 0.15) is 28.5 Å². The highest BCUT2D eigenvalue weighted by atomic mass is 16.4. The third-order valence-corrected chi connectivity index (χ3v) is 3.92. The van der Waals surface area contributed by atoms with Crippen molar-refractivity contribution in [2.24, 2.45) is 0 Å². The van der Waals surface area contributed by atoms with Crippen molar-refractivity contribution in [1.82, 2.24) is 5.32 Å². The fourth-order valence-electron chi connectivity index (χ4n) is 2.58. The maximum absolute atomic E-state index is 12.0. The van der Waals surface area contributed by atoms with Gasteiger partial charge >= 0.3 is 0 Å². The van der Waals surface area contributed by atoms with Crippen LogP contribution in [0.5, 0.6) is 5.75 Å². The van der Waals surface area contributed by atoms with Crippen LogP contribution in [-0.4, -0.2) is 17.6 Å². The number of carbonyl (C=O) groups excluding carboxylic acids is 1. The van der Waals surface area contributed by atoms with Gasteiger partial charge in [0.25, 0.3) is 5.91 Å². The second-order valence-electron chi connectivity index (χ2n) is 5.54. The molecule has 2 N–H and O–H groups in total. The molecule has 0 saturated heterocycles. The third kappa shape index (κ3) is 3.46. The van der Waals surface area contributed by atoms with E-state index in [-0.39, 0.29) is 5.76 Å². The summed E-state index contributed by atoms with van der Waals surface area (Å²) in [5.74, 6) is -1.33.